The zero-order valence-corrected chi connectivity index (χ0v) is 21.7. The first-order valence-electron chi connectivity index (χ1n) is 12.1. The van der Waals surface area contributed by atoms with Gasteiger partial charge in [-0.05, 0) is 79.1 Å². The zero-order valence-electron chi connectivity index (χ0n) is 21.7. The van der Waals surface area contributed by atoms with Crippen LogP contribution in [-0.4, -0.2) is 46.4 Å². The van der Waals surface area contributed by atoms with E-state index in [1.54, 1.807) is 43.4 Å². The highest BCUT2D eigenvalue weighted by molar-refractivity contribution is 5.99. The smallest absolute Gasteiger partial charge is 0.337 e. The molecule has 37 heavy (non-hydrogen) atoms. The quantitative estimate of drug-likeness (QED) is 0.380. The number of benzene rings is 3. The first kappa shape index (κ1) is 25.9. The van der Waals surface area contributed by atoms with Gasteiger partial charge in [-0.3, -0.25) is 4.79 Å². The molecule has 0 spiro atoms. The van der Waals surface area contributed by atoms with Gasteiger partial charge in [0.2, 0.25) is 5.91 Å². The fourth-order valence-electron chi connectivity index (χ4n) is 4.61. The molecule has 0 aromatic heterocycles. The molecule has 1 aliphatic heterocycles. The van der Waals surface area contributed by atoms with Crippen molar-refractivity contribution in [3.8, 4) is 23.0 Å². The number of hydrogen-bond donors (Lipinski definition) is 0. The van der Waals surface area contributed by atoms with E-state index in [1.807, 2.05) is 44.2 Å². The van der Waals surface area contributed by atoms with Gasteiger partial charge in [-0.25, -0.2) is 4.79 Å². The lowest BCUT2D eigenvalue weighted by atomic mass is 9.86. The average molecular weight is 506 g/mol. The van der Waals surface area contributed by atoms with E-state index in [4.69, 9.17) is 23.7 Å². The zero-order chi connectivity index (χ0) is 26.5. The Morgan fingerprint density at radius 1 is 0.838 bits per heavy atom. The summed E-state index contributed by atoms with van der Waals surface area (Å²) < 4.78 is 27.6. The number of carbonyl (C=O) groups excluding carboxylic acids is 2. The van der Waals surface area contributed by atoms with Crippen LogP contribution in [0.4, 0.5) is 5.69 Å². The minimum atomic E-state index is -0.491. The van der Waals surface area contributed by atoms with Crippen molar-refractivity contribution in [1.29, 1.82) is 0 Å². The molecule has 0 aliphatic carbocycles. The molecule has 1 amide bonds. The maximum atomic E-state index is 13.7. The lowest BCUT2D eigenvalue weighted by Crippen LogP contribution is -2.41. The summed E-state index contributed by atoms with van der Waals surface area (Å²) in [6.45, 7) is 4.77. The number of esters is 1. The third-order valence-electron chi connectivity index (χ3n) is 6.26. The third kappa shape index (κ3) is 5.05. The first-order valence-corrected chi connectivity index (χ1v) is 12.1. The van der Waals surface area contributed by atoms with Crippen molar-refractivity contribution in [2.45, 2.75) is 26.3 Å². The monoisotopic (exact) mass is 505 g/mol. The van der Waals surface area contributed by atoms with E-state index in [0.29, 0.717) is 47.5 Å². The molecule has 3 aromatic carbocycles. The fourth-order valence-corrected chi connectivity index (χ4v) is 4.61. The Labute approximate surface area is 216 Å². The van der Waals surface area contributed by atoms with Crippen LogP contribution in [0.5, 0.6) is 23.0 Å². The summed E-state index contributed by atoms with van der Waals surface area (Å²) in [4.78, 5) is 27.4. The number of nitrogens with zero attached hydrogens (tertiary/aromatic N) is 1. The van der Waals surface area contributed by atoms with Gasteiger partial charge in [0.05, 0.1) is 52.6 Å². The van der Waals surface area contributed by atoms with Crippen LogP contribution in [0.15, 0.2) is 54.6 Å². The topological polar surface area (TPSA) is 83.5 Å². The van der Waals surface area contributed by atoms with Gasteiger partial charge in [-0.1, -0.05) is 6.07 Å². The molecule has 194 valence electrons. The van der Waals surface area contributed by atoms with E-state index in [9.17, 15) is 9.59 Å². The molecule has 1 heterocycles. The van der Waals surface area contributed by atoms with Crippen molar-refractivity contribution in [2.75, 3.05) is 39.4 Å². The third-order valence-corrected chi connectivity index (χ3v) is 6.26. The lowest BCUT2D eigenvalue weighted by molar-refractivity contribution is -0.118. The normalized spacial score (nSPS) is 14.6. The summed E-state index contributed by atoms with van der Waals surface area (Å²) in [7, 11) is 4.49. The molecule has 1 atom stereocenters. The van der Waals surface area contributed by atoms with E-state index in [0.717, 1.165) is 16.7 Å². The first-order chi connectivity index (χ1) is 17.9. The Bertz CT molecular complexity index is 1290. The second-order valence-electron chi connectivity index (χ2n) is 8.36. The molecule has 4 rings (SSSR count). The van der Waals surface area contributed by atoms with Crippen molar-refractivity contribution < 1.29 is 33.3 Å². The molecule has 0 saturated heterocycles. The predicted molar refractivity (Wildman–Crippen MR) is 139 cm³/mol. The van der Waals surface area contributed by atoms with E-state index in [-0.39, 0.29) is 12.3 Å². The predicted octanol–water partition coefficient (Wildman–Crippen LogP) is 4.97. The summed E-state index contributed by atoms with van der Waals surface area (Å²) >= 11 is 0. The van der Waals surface area contributed by atoms with Crippen LogP contribution >= 0.6 is 0 Å². The van der Waals surface area contributed by atoms with Gasteiger partial charge in [0, 0.05) is 5.69 Å². The second kappa shape index (κ2) is 11.2. The summed E-state index contributed by atoms with van der Waals surface area (Å²) in [5, 5.41) is 0. The van der Waals surface area contributed by atoms with Gasteiger partial charge < -0.3 is 28.6 Å². The van der Waals surface area contributed by atoms with Crippen LogP contribution in [0.25, 0.3) is 0 Å². The second-order valence-corrected chi connectivity index (χ2v) is 8.36. The lowest BCUT2D eigenvalue weighted by Gasteiger charge is -2.38. The van der Waals surface area contributed by atoms with Crippen molar-refractivity contribution in [2.24, 2.45) is 0 Å². The largest absolute Gasteiger partial charge is 0.493 e. The van der Waals surface area contributed by atoms with Crippen LogP contribution in [0.3, 0.4) is 0 Å². The molecule has 0 fully saturated rings. The van der Waals surface area contributed by atoms with Crippen LogP contribution in [-0.2, 0) is 16.0 Å². The molecule has 0 unspecified atom stereocenters. The van der Waals surface area contributed by atoms with Gasteiger partial charge in [0.25, 0.3) is 0 Å². The molecule has 3 aromatic rings. The highest BCUT2D eigenvalue weighted by Gasteiger charge is 2.36. The van der Waals surface area contributed by atoms with E-state index >= 15 is 0 Å². The van der Waals surface area contributed by atoms with Crippen molar-refractivity contribution in [1.82, 2.24) is 0 Å². The Hall–Kier alpha value is -4.20. The highest BCUT2D eigenvalue weighted by atomic mass is 16.5. The van der Waals surface area contributed by atoms with Gasteiger partial charge in [0.1, 0.15) is 0 Å². The molecule has 8 nitrogen and oxygen atoms in total. The number of amides is 1. The van der Waals surface area contributed by atoms with Crippen molar-refractivity contribution in [3.63, 3.8) is 0 Å². The van der Waals surface area contributed by atoms with Gasteiger partial charge in [0.15, 0.2) is 23.0 Å². The number of methoxy groups -OCH3 is 3. The van der Waals surface area contributed by atoms with Crippen molar-refractivity contribution >= 4 is 17.6 Å². The van der Waals surface area contributed by atoms with E-state index < -0.39 is 12.0 Å². The number of anilines is 1. The molecular formula is C29H31NO7. The molecule has 0 saturated carbocycles. The van der Waals surface area contributed by atoms with Crippen LogP contribution in [0, 0.1) is 0 Å². The maximum absolute atomic E-state index is 13.7. The summed E-state index contributed by atoms with van der Waals surface area (Å²) in [6, 6.07) is 15.8. The Balaban J connectivity index is 1.92. The average Bonchev–Trinajstić information content (AvgIpc) is 2.92. The Morgan fingerprint density at radius 2 is 1.49 bits per heavy atom. The number of rotatable bonds is 9. The van der Waals surface area contributed by atoms with Crippen LogP contribution in [0.1, 0.15) is 46.9 Å². The number of ether oxygens (including phenoxy) is 5. The minimum Gasteiger partial charge on any atom is -0.493 e. The van der Waals surface area contributed by atoms with Gasteiger partial charge >= 0.3 is 5.97 Å². The molecule has 0 N–H and O–H groups in total. The molecule has 1 aliphatic rings. The maximum Gasteiger partial charge on any atom is 0.337 e. The standard InChI is InChI=1S/C29H31NO7/c1-6-36-25-15-20-16-27(31)30(21-11-8-18(9-12-21)29(32)35-5)28(22(20)17-26(25)37-7-2)19-10-13-23(33-3)24(14-19)34-4/h8-15,17,28H,6-7,16H2,1-5H3/t28-/m1/s1. The fraction of sp³-hybridized carbons (Fsp3) is 0.310. The SMILES string of the molecule is CCOc1cc2c(cc1OCC)[C@@H](c1ccc(OC)c(OC)c1)N(c1ccc(C(=O)OC)cc1)C(=O)C2. The van der Waals surface area contributed by atoms with E-state index in [1.165, 1.54) is 7.11 Å². The van der Waals surface area contributed by atoms with Gasteiger partial charge in [-0.2, -0.15) is 0 Å². The molecule has 0 bridgehead atoms. The number of hydrogen-bond acceptors (Lipinski definition) is 7. The van der Waals surface area contributed by atoms with Crippen LogP contribution < -0.4 is 23.8 Å². The highest BCUT2D eigenvalue weighted by Crippen LogP contribution is 2.45. The van der Waals surface area contributed by atoms with Gasteiger partial charge in [-0.15, -0.1) is 0 Å². The van der Waals surface area contributed by atoms with Crippen molar-refractivity contribution in [3.05, 3.63) is 76.9 Å². The molecule has 8 heteroatoms. The van der Waals surface area contributed by atoms with Crippen LogP contribution in [0.2, 0.25) is 0 Å². The Kier molecular flexibility index (Phi) is 7.86. The molecule has 0 radical (unpaired) electrons. The summed E-state index contributed by atoms with van der Waals surface area (Å²) in [5.41, 5.74) is 3.65. The summed E-state index contributed by atoms with van der Waals surface area (Å²) in [6.07, 6.45) is 0.185. The Morgan fingerprint density at radius 3 is 2.08 bits per heavy atom. The minimum absolute atomic E-state index is 0.0929. The number of carbonyl (C=O) groups is 2. The number of fused-ring (bicyclic) bond motifs is 1. The summed E-state index contributed by atoms with van der Waals surface area (Å²) in [5.74, 6) is 1.83. The van der Waals surface area contributed by atoms with E-state index in [2.05, 4.69) is 0 Å². The molecular weight excluding hydrogens is 474 g/mol.